The second-order valence-corrected chi connectivity index (χ2v) is 8.34. The number of benzene rings is 2. The predicted octanol–water partition coefficient (Wildman–Crippen LogP) is 3.94. The number of amides is 1. The Bertz CT molecular complexity index is 1110. The molecule has 0 saturated carbocycles. The summed E-state index contributed by atoms with van der Waals surface area (Å²) in [5.74, 6) is 1.57. The molecular weight excluding hydrogens is 414 g/mol. The van der Waals surface area contributed by atoms with Crippen molar-refractivity contribution in [2.75, 3.05) is 19.7 Å². The lowest BCUT2D eigenvalue weighted by Gasteiger charge is -2.18. The molecule has 7 heteroatoms. The second-order valence-electron chi connectivity index (χ2n) is 7.93. The number of halogens is 1. The van der Waals surface area contributed by atoms with Gasteiger partial charge in [0.1, 0.15) is 24.3 Å². The van der Waals surface area contributed by atoms with Crippen molar-refractivity contribution in [3.05, 3.63) is 71.5 Å². The molecule has 4 rings (SSSR count). The number of fused-ring (bicyclic) bond motifs is 1. The highest BCUT2D eigenvalue weighted by Crippen LogP contribution is 2.30. The fraction of sp³-hybridized carbons (Fsp3) is 0.333. The van der Waals surface area contributed by atoms with E-state index in [1.54, 1.807) is 23.1 Å². The summed E-state index contributed by atoms with van der Waals surface area (Å²) in [6.07, 6.45) is 1.41. The van der Waals surface area contributed by atoms with Crippen molar-refractivity contribution in [2.45, 2.75) is 31.9 Å². The highest BCUT2D eigenvalue weighted by molar-refractivity contribution is 6.31. The normalized spacial score (nSPS) is 17.3. The monoisotopic (exact) mass is 439 g/mol. The van der Waals surface area contributed by atoms with Crippen LogP contribution >= 0.6 is 11.6 Å². The van der Waals surface area contributed by atoms with E-state index >= 15 is 0 Å². The van der Waals surface area contributed by atoms with Crippen LogP contribution in [-0.2, 0) is 11.3 Å². The Hall–Kier alpha value is -2.83. The number of carbonyl (C=O) groups is 1. The van der Waals surface area contributed by atoms with Gasteiger partial charge in [-0.05, 0) is 42.8 Å². The van der Waals surface area contributed by atoms with Crippen molar-refractivity contribution in [3.63, 3.8) is 0 Å². The minimum atomic E-state index is -0.742. The third-order valence-electron chi connectivity index (χ3n) is 5.58. The zero-order chi connectivity index (χ0) is 22.0. The van der Waals surface area contributed by atoms with E-state index in [0.717, 1.165) is 22.4 Å². The van der Waals surface area contributed by atoms with Crippen LogP contribution in [0.15, 0.2) is 55.1 Å². The number of imidazole rings is 1. The van der Waals surface area contributed by atoms with Crippen LogP contribution in [0, 0.1) is 6.92 Å². The molecule has 1 N–H and O–H groups in total. The number of para-hydroxylation sites is 2. The second kappa shape index (κ2) is 9.12. The fourth-order valence-electron chi connectivity index (χ4n) is 4.04. The van der Waals surface area contributed by atoms with Crippen LogP contribution in [-0.4, -0.2) is 51.3 Å². The number of rotatable bonds is 8. The Labute approximate surface area is 186 Å². The van der Waals surface area contributed by atoms with E-state index in [4.69, 9.17) is 21.3 Å². The molecule has 2 unspecified atom stereocenters. The molecule has 1 saturated heterocycles. The van der Waals surface area contributed by atoms with E-state index in [2.05, 4.69) is 6.58 Å². The minimum absolute atomic E-state index is 0.0214. The molecule has 162 valence electrons. The molecular formula is C24H26ClN3O3. The van der Waals surface area contributed by atoms with Crippen LogP contribution in [0.4, 0.5) is 0 Å². The Kier molecular flexibility index (Phi) is 6.30. The van der Waals surface area contributed by atoms with Gasteiger partial charge in [0.15, 0.2) is 0 Å². The Morgan fingerprint density at radius 1 is 1.35 bits per heavy atom. The Morgan fingerprint density at radius 2 is 2.16 bits per heavy atom. The molecule has 1 fully saturated rings. The summed E-state index contributed by atoms with van der Waals surface area (Å²) in [7, 11) is 0. The van der Waals surface area contributed by atoms with Crippen LogP contribution in [0.2, 0.25) is 5.02 Å². The molecule has 31 heavy (non-hydrogen) atoms. The lowest BCUT2D eigenvalue weighted by atomic mass is 10.1. The van der Waals surface area contributed by atoms with Gasteiger partial charge in [0, 0.05) is 30.5 Å². The average Bonchev–Trinajstić information content (AvgIpc) is 3.30. The Balaban J connectivity index is 1.53. The summed E-state index contributed by atoms with van der Waals surface area (Å²) in [5.41, 5.74) is 2.72. The van der Waals surface area contributed by atoms with Crippen LogP contribution in [0.3, 0.4) is 0 Å². The molecule has 0 radical (unpaired) electrons. The van der Waals surface area contributed by atoms with Gasteiger partial charge < -0.3 is 19.3 Å². The number of carbonyl (C=O) groups excluding carboxylic acids is 1. The third-order valence-corrected chi connectivity index (χ3v) is 6.00. The molecule has 3 aromatic rings. The van der Waals surface area contributed by atoms with Crippen LogP contribution in [0.5, 0.6) is 5.75 Å². The summed E-state index contributed by atoms with van der Waals surface area (Å²) in [5, 5.41) is 11.4. The maximum Gasteiger partial charge on any atom is 0.223 e. The van der Waals surface area contributed by atoms with E-state index in [1.165, 1.54) is 0 Å². The van der Waals surface area contributed by atoms with Crippen LogP contribution < -0.4 is 4.74 Å². The van der Waals surface area contributed by atoms with Crippen molar-refractivity contribution in [1.29, 1.82) is 0 Å². The lowest BCUT2D eigenvalue weighted by Crippen LogP contribution is -2.26. The number of aliphatic hydroxyl groups excluding tert-OH is 1. The van der Waals surface area contributed by atoms with E-state index in [1.807, 2.05) is 41.8 Å². The zero-order valence-corrected chi connectivity index (χ0v) is 18.3. The van der Waals surface area contributed by atoms with Gasteiger partial charge in [-0.3, -0.25) is 4.79 Å². The van der Waals surface area contributed by atoms with Crippen molar-refractivity contribution < 1.29 is 14.6 Å². The molecule has 1 aromatic heterocycles. The maximum absolute atomic E-state index is 12.4. The first-order valence-electron chi connectivity index (χ1n) is 10.4. The number of hydrogen-bond donors (Lipinski definition) is 1. The summed E-state index contributed by atoms with van der Waals surface area (Å²) in [6.45, 7) is 7.25. The van der Waals surface area contributed by atoms with Gasteiger partial charge in [-0.1, -0.05) is 29.8 Å². The van der Waals surface area contributed by atoms with E-state index in [-0.39, 0.29) is 18.4 Å². The Morgan fingerprint density at radius 3 is 2.94 bits per heavy atom. The predicted molar refractivity (Wildman–Crippen MR) is 122 cm³/mol. The maximum atomic E-state index is 12.4. The number of hydrogen-bond acceptors (Lipinski definition) is 4. The van der Waals surface area contributed by atoms with Crippen LogP contribution in [0.1, 0.15) is 23.7 Å². The van der Waals surface area contributed by atoms with E-state index in [9.17, 15) is 9.90 Å². The number of aliphatic hydroxyl groups is 1. The summed E-state index contributed by atoms with van der Waals surface area (Å²) < 4.78 is 7.80. The van der Waals surface area contributed by atoms with E-state index in [0.29, 0.717) is 36.8 Å². The smallest absolute Gasteiger partial charge is 0.223 e. The summed E-state index contributed by atoms with van der Waals surface area (Å²) in [4.78, 5) is 19.0. The molecule has 2 atom stereocenters. The van der Waals surface area contributed by atoms with Gasteiger partial charge in [-0.25, -0.2) is 4.98 Å². The van der Waals surface area contributed by atoms with Gasteiger partial charge >= 0.3 is 0 Å². The molecule has 1 aliphatic rings. The zero-order valence-electron chi connectivity index (χ0n) is 17.5. The number of aryl methyl sites for hydroxylation is 1. The SMILES string of the molecule is C=CCN1CC(c2nc3ccccc3n2CC(O)COc2ccc(Cl)c(C)c2)CC1=O. The van der Waals surface area contributed by atoms with Crippen molar-refractivity contribution in [1.82, 2.24) is 14.5 Å². The van der Waals surface area contributed by atoms with Gasteiger partial charge in [-0.15, -0.1) is 6.58 Å². The van der Waals surface area contributed by atoms with Crippen molar-refractivity contribution in [3.8, 4) is 5.75 Å². The fourth-order valence-corrected chi connectivity index (χ4v) is 4.16. The average molecular weight is 440 g/mol. The summed E-state index contributed by atoms with van der Waals surface area (Å²) in [6, 6.07) is 13.3. The first-order valence-corrected chi connectivity index (χ1v) is 10.7. The molecule has 0 bridgehead atoms. The first kappa shape index (κ1) is 21.4. The van der Waals surface area contributed by atoms with Gasteiger partial charge in [0.25, 0.3) is 0 Å². The lowest BCUT2D eigenvalue weighted by molar-refractivity contribution is -0.127. The van der Waals surface area contributed by atoms with Gasteiger partial charge in [0.05, 0.1) is 17.6 Å². The molecule has 6 nitrogen and oxygen atoms in total. The van der Waals surface area contributed by atoms with Gasteiger partial charge in [-0.2, -0.15) is 0 Å². The largest absolute Gasteiger partial charge is 0.491 e. The highest BCUT2D eigenvalue weighted by Gasteiger charge is 2.33. The number of nitrogens with zero attached hydrogens (tertiary/aromatic N) is 3. The topological polar surface area (TPSA) is 67.6 Å². The van der Waals surface area contributed by atoms with E-state index < -0.39 is 6.10 Å². The number of aromatic nitrogens is 2. The number of likely N-dealkylation sites (tertiary alicyclic amines) is 1. The molecule has 0 spiro atoms. The minimum Gasteiger partial charge on any atom is -0.491 e. The van der Waals surface area contributed by atoms with Crippen LogP contribution in [0.25, 0.3) is 11.0 Å². The first-order chi connectivity index (χ1) is 15.0. The third kappa shape index (κ3) is 4.60. The highest BCUT2D eigenvalue weighted by atomic mass is 35.5. The molecule has 2 heterocycles. The van der Waals surface area contributed by atoms with Crippen molar-refractivity contribution in [2.24, 2.45) is 0 Å². The quantitative estimate of drug-likeness (QED) is 0.540. The standard InChI is InChI=1S/C24H26ClN3O3/c1-3-10-27-13-17(12-23(27)30)24-26-21-6-4-5-7-22(21)28(24)14-18(29)15-31-19-8-9-20(25)16(2)11-19/h3-9,11,17-18,29H,1,10,12-15H2,2H3. The molecule has 1 aliphatic heterocycles. The number of ether oxygens (including phenoxy) is 1. The molecule has 0 aliphatic carbocycles. The summed E-state index contributed by atoms with van der Waals surface area (Å²) >= 11 is 6.07. The van der Waals surface area contributed by atoms with Crippen molar-refractivity contribution >= 4 is 28.5 Å². The molecule has 2 aromatic carbocycles. The van der Waals surface area contributed by atoms with Gasteiger partial charge in [0.2, 0.25) is 5.91 Å². The molecule has 1 amide bonds.